The summed E-state index contributed by atoms with van der Waals surface area (Å²) in [6, 6.07) is 14.3. The first-order chi connectivity index (χ1) is 11.2. The van der Waals surface area contributed by atoms with Crippen molar-refractivity contribution in [3.05, 3.63) is 53.4 Å². The molecule has 2 aromatic rings. The quantitative estimate of drug-likeness (QED) is 0.538. The number of hydrazine groups is 1. The minimum atomic E-state index is 0.514. The van der Waals surface area contributed by atoms with Crippen molar-refractivity contribution < 1.29 is 14.3 Å². The normalized spacial score (nSPS) is 10.2. The fourth-order valence-corrected chi connectivity index (χ4v) is 1.93. The van der Waals surface area contributed by atoms with Crippen LogP contribution in [0.1, 0.15) is 26.7 Å². The monoisotopic (exact) mass is 315 g/mol. The van der Waals surface area contributed by atoms with E-state index in [4.69, 9.17) is 9.47 Å². The van der Waals surface area contributed by atoms with Gasteiger partial charge in [-0.1, -0.05) is 13.8 Å². The number of rotatable bonds is 9. The molecule has 0 radical (unpaired) electrons. The summed E-state index contributed by atoms with van der Waals surface area (Å²) in [7, 11) is 0. The molecule has 2 aromatic carbocycles. The van der Waals surface area contributed by atoms with Crippen LogP contribution in [0.5, 0.6) is 11.5 Å². The molecule has 0 aliphatic rings. The van der Waals surface area contributed by atoms with Gasteiger partial charge >= 0.3 is 0 Å². The SMILES string of the molecule is CCCOc1ccc(N[N+](=O)c2ccc(OCCC)cc2)cc1. The van der Waals surface area contributed by atoms with E-state index < -0.39 is 0 Å². The molecular weight excluding hydrogens is 292 g/mol. The zero-order valence-electron chi connectivity index (χ0n) is 13.6. The van der Waals surface area contributed by atoms with Gasteiger partial charge in [0.1, 0.15) is 17.2 Å². The lowest BCUT2D eigenvalue weighted by atomic mass is 10.3. The average Bonchev–Trinajstić information content (AvgIpc) is 2.59. The highest BCUT2D eigenvalue weighted by Crippen LogP contribution is 2.20. The third kappa shape index (κ3) is 5.29. The van der Waals surface area contributed by atoms with E-state index in [0.717, 1.165) is 29.2 Å². The Balaban J connectivity index is 1.93. The molecule has 0 aliphatic carbocycles. The second kappa shape index (κ2) is 8.78. The van der Waals surface area contributed by atoms with Crippen molar-refractivity contribution >= 4 is 11.4 Å². The molecule has 0 unspecified atom stereocenters. The second-order valence-electron chi connectivity index (χ2n) is 5.12. The first-order valence-electron chi connectivity index (χ1n) is 7.92. The summed E-state index contributed by atoms with van der Waals surface area (Å²) in [5, 5.41) is 0. The van der Waals surface area contributed by atoms with Crippen LogP contribution in [0.15, 0.2) is 48.5 Å². The summed E-state index contributed by atoms with van der Waals surface area (Å²) in [5.74, 6) is 1.56. The van der Waals surface area contributed by atoms with Crippen LogP contribution in [0.4, 0.5) is 11.4 Å². The van der Waals surface area contributed by atoms with Gasteiger partial charge in [0.05, 0.1) is 18.1 Å². The van der Waals surface area contributed by atoms with Crippen molar-refractivity contribution in [2.45, 2.75) is 26.7 Å². The molecule has 0 fully saturated rings. The molecule has 5 heteroatoms. The second-order valence-corrected chi connectivity index (χ2v) is 5.12. The minimum absolute atomic E-state index is 0.514. The van der Waals surface area contributed by atoms with Crippen LogP contribution >= 0.6 is 0 Å². The van der Waals surface area contributed by atoms with Gasteiger partial charge in [-0.05, 0) is 49.2 Å². The van der Waals surface area contributed by atoms with Gasteiger partial charge in [0, 0.05) is 12.1 Å². The molecule has 122 valence electrons. The third-order valence-electron chi connectivity index (χ3n) is 3.10. The van der Waals surface area contributed by atoms with Crippen LogP contribution in [0, 0.1) is 4.91 Å². The topological polar surface area (TPSA) is 50.6 Å². The molecule has 0 saturated carbocycles. The summed E-state index contributed by atoms with van der Waals surface area (Å²) in [4.78, 5) is 12.9. The molecule has 0 atom stereocenters. The van der Waals surface area contributed by atoms with E-state index in [1.807, 2.05) is 24.3 Å². The maximum atomic E-state index is 12.1. The van der Waals surface area contributed by atoms with Gasteiger partial charge in [-0.3, -0.25) is 0 Å². The van der Waals surface area contributed by atoms with Gasteiger partial charge in [0.25, 0.3) is 5.69 Å². The van der Waals surface area contributed by atoms with Crippen LogP contribution in [-0.2, 0) is 0 Å². The zero-order chi connectivity index (χ0) is 16.5. The smallest absolute Gasteiger partial charge is 0.292 e. The largest absolute Gasteiger partial charge is 0.494 e. The zero-order valence-corrected chi connectivity index (χ0v) is 13.6. The Bertz CT molecular complexity index is 609. The number of hydrogen-bond acceptors (Lipinski definition) is 3. The maximum Gasteiger partial charge on any atom is 0.292 e. The van der Waals surface area contributed by atoms with Crippen LogP contribution in [0.25, 0.3) is 0 Å². The Hall–Kier alpha value is -2.56. The van der Waals surface area contributed by atoms with E-state index >= 15 is 0 Å². The van der Waals surface area contributed by atoms with Gasteiger partial charge in [-0.15, -0.1) is 5.43 Å². The molecule has 0 amide bonds. The van der Waals surface area contributed by atoms with E-state index in [1.165, 1.54) is 0 Å². The molecule has 0 aromatic heterocycles. The molecule has 0 spiro atoms. The first kappa shape index (κ1) is 16.8. The van der Waals surface area contributed by atoms with Crippen molar-refractivity contribution in [3.63, 3.8) is 0 Å². The lowest BCUT2D eigenvalue weighted by Crippen LogP contribution is -2.10. The predicted molar refractivity (Wildman–Crippen MR) is 91.4 cm³/mol. The Morgan fingerprint density at radius 1 is 0.826 bits per heavy atom. The van der Waals surface area contributed by atoms with Gasteiger partial charge in [-0.25, -0.2) is 0 Å². The highest BCUT2D eigenvalue weighted by atomic mass is 16.5. The lowest BCUT2D eigenvalue weighted by molar-refractivity contribution is -0.427. The number of anilines is 1. The standard InChI is InChI=1S/C18H23N2O3/c1-3-13-22-17-9-5-15(6-10-17)19-20(21)16-7-11-18(12-8-16)23-14-4-2/h5-12H,3-4,13-14H2,1-2H3,(H,19,21)/q+1. The highest BCUT2D eigenvalue weighted by molar-refractivity contribution is 5.45. The van der Waals surface area contributed by atoms with Crippen molar-refractivity contribution in [1.29, 1.82) is 0 Å². The van der Waals surface area contributed by atoms with E-state index in [1.54, 1.807) is 24.3 Å². The van der Waals surface area contributed by atoms with Crippen molar-refractivity contribution in [3.8, 4) is 11.5 Å². The maximum absolute atomic E-state index is 12.1. The Labute approximate surface area is 136 Å². The fourth-order valence-electron chi connectivity index (χ4n) is 1.93. The Morgan fingerprint density at radius 2 is 1.30 bits per heavy atom. The van der Waals surface area contributed by atoms with Crippen LogP contribution in [-0.4, -0.2) is 18.1 Å². The summed E-state index contributed by atoms with van der Waals surface area (Å²) in [5.41, 5.74) is 4.00. The van der Waals surface area contributed by atoms with Crippen molar-refractivity contribution in [2.75, 3.05) is 18.6 Å². The highest BCUT2D eigenvalue weighted by Gasteiger charge is 2.14. The third-order valence-corrected chi connectivity index (χ3v) is 3.10. The molecule has 1 N–H and O–H groups in total. The number of ether oxygens (including phenoxy) is 2. The van der Waals surface area contributed by atoms with Gasteiger partial charge in [-0.2, -0.15) is 0 Å². The summed E-state index contributed by atoms with van der Waals surface area (Å²) in [6.07, 6.45) is 1.92. The minimum Gasteiger partial charge on any atom is -0.494 e. The first-order valence-corrected chi connectivity index (χ1v) is 7.92. The van der Waals surface area contributed by atoms with E-state index in [9.17, 15) is 4.91 Å². The van der Waals surface area contributed by atoms with Gasteiger partial charge in [0.2, 0.25) is 0 Å². The summed E-state index contributed by atoms with van der Waals surface area (Å²) < 4.78 is 11.0. The van der Waals surface area contributed by atoms with Gasteiger partial charge < -0.3 is 9.47 Å². The number of nitroso groups, excluding NO2 is 1. The van der Waals surface area contributed by atoms with E-state index in [0.29, 0.717) is 24.6 Å². The lowest BCUT2D eigenvalue weighted by Gasteiger charge is -2.05. The van der Waals surface area contributed by atoms with Gasteiger partial charge in [0.15, 0.2) is 4.87 Å². The molecule has 5 nitrogen and oxygen atoms in total. The summed E-state index contributed by atoms with van der Waals surface area (Å²) in [6.45, 7) is 5.47. The van der Waals surface area contributed by atoms with Crippen LogP contribution < -0.4 is 14.9 Å². The van der Waals surface area contributed by atoms with E-state index in [-0.39, 0.29) is 0 Å². The van der Waals surface area contributed by atoms with Crippen LogP contribution in [0.3, 0.4) is 0 Å². The molecule has 0 heterocycles. The van der Waals surface area contributed by atoms with Crippen molar-refractivity contribution in [1.82, 2.24) is 0 Å². The Kier molecular flexibility index (Phi) is 6.41. The molecule has 2 rings (SSSR count). The van der Waals surface area contributed by atoms with Crippen LogP contribution in [0.2, 0.25) is 0 Å². The molecule has 0 aliphatic heterocycles. The average molecular weight is 315 g/mol. The fraction of sp³-hybridized carbons (Fsp3) is 0.333. The predicted octanol–water partition coefficient (Wildman–Crippen LogP) is 4.70. The number of benzene rings is 2. The number of hydrogen-bond donors (Lipinski definition) is 1. The van der Waals surface area contributed by atoms with Crippen molar-refractivity contribution in [2.24, 2.45) is 0 Å². The number of nitrogens with zero attached hydrogens (tertiary/aromatic N) is 1. The molecular formula is C18H23N2O3+. The molecule has 0 saturated heterocycles. The Morgan fingerprint density at radius 3 is 1.78 bits per heavy atom. The summed E-state index contributed by atoms with van der Waals surface area (Å²) >= 11 is 0. The molecule has 23 heavy (non-hydrogen) atoms. The number of nitrogens with one attached hydrogen (secondary N) is 1. The van der Waals surface area contributed by atoms with E-state index in [2.05, 4.69) is 19.3 Å². The molecule has 0 bridgehead atoms.